The van der Waals surface area contributed by atoms with Crippen molar-refractivity contribution in [2.45, 2.75) is 26.2 Å². The molecule has 0 aliphatic carbocycles. The van der Waals surface area contributed by atoms with Crippen LogP contribution in [0.3, 0.4) is 0 Å². The van der Waals surface area contributed by atoms with Crippen LogP contribution in [0.2, 0.25) is 0 Å². The summed E-state index contributed by atoms with van der Waals surface area (Å²) >= 11 is 3.42. The maximum absolute atomic E-state index is 12.9. The third-order valence-electron chi connectivity index (χ3n) is 5.24. The first-order chi connectivity index (χ1) is 15.5. The van der Waals surface area contributed by atoms with E-state index in [1.807, 2.05) is 29.2 Å². The van der Waals surface area contributed by atoms with Gasteiger partial charge < -0.3 is 19.3 Å². The van der Waals surface area contributed by atoms with Gasteiger partial charge in [-0.05, 0) is 61.7 Å². The predicted octanol–water partition coefficient (Wildman–Crippen LogP) is 4.29. The first kappa shape index (κ1) is 23.8. The molecular formula is C24H27BrN2O5. The Morgan fingerprint density at radius 2 is 1.56 bits per heavy atom. The van der Waals surface area contributed by atoms with E-state index in [1.54, 1.807) is 36.1 Å². The number of benzene rings is 2. The Hall–Kier alpha value is -2.87. The highest BCUT2D eigenvalue weighted by Crippen LogP contribution is 2.17. The number of carbonyl (C=O) groups is 3. The number of nitrogens with zero attached hydrogens (tertiary/aromatic N) is 2. The number of ether oxygens (including phenoxy) is 2. The number of rotatable bonds is 6. The van der Waals surface area contributed by atoms with Crippen LogP contribution < -0.4 is 4.74 Å². The molecular weight excluding hydrogens is 476 g/mol. The fraction of sp³-hybridized carbons (Fsp3) is 0.375. The molecule has 0 atom stereocenters. The summed E-state index contributed by atoms with van der Waals surface area (Å²) in [7, 11) is 0. The highest BCUT2D eigenvalue weighted by atomic mass is 79.9. The van der Waals surface area contributed by atoms with Gasteiger partial charge in [0.05, 0.1) is 6.61 Å². The van der Waals surface area contributed by atoms with Crippen molar-refractivity contribution in [3.63, 3.8) is 0 Å². The molecule has 1 aliphatic heterocycles. The van der Waals surface area contributed by atoms with Crippen LogP contribution in [0, 0.1) is 0 Å². The Balaban J connectivity index is 1.50. The van der Waals surface area contributed by atoms with Gasteiger partial charge in [-0.1, -0.05) is 28.1 Å². The molecule has 8 heteroatoms. The normalized spacial score (nSPS) is 13.9. The molecule has 0 N–H and O–H groups in total. The summed E-state index contributed by atoms with van der Waals surface area (Å²) in [5, 5.41) is 0. The van der Waals surface area contributed by atoms with Gasteiger partial charge in [-0.3, -0.25) is 9.59 Å². The van der Waals surface area contributed by atoms with Gasteiger partial charge in [0.25, 0.3) is 5.91 Å². The molecule has 0 aromatic heterocycles. The number of hydrogen-bond donors (Lipinski definition) is 0. The number of amides is 2. The van der Waals surface area contributed by atoms with E-state index >= 15 is 0 Å². The molecule has 2 aromatic carbocycles. The Morgan fingerprint density at radius 3 is 2.25 bits per heavy atom. The van der Waals surface area contributed by atoms with Gasteiger partial charge in [-0.2, -0.15) is 0 Å². The van der Waals surface area contributed by atoms with Crippen LogP contribution in [0.5, 0.6) is 5.75 Å². The molecule has 1 fully saturated rings. The van der Waals surface area contributed by atoms with Crippen molar-refractivity contribution in [3.8, 4) is 5.75 Å². The van der Waals surface area contributed by atoms with Crippen molar-refractivity contribution in [3.05, 3.63) is 64.1 Å². The zero-order valence-electron chi connectivity index (χ0n) is 18.1. The van der Waals surface area contributed by atoms with Crippen molar-refractivity contribution in [1.29, 1.82) is 0 Å². The molecule has 1 saturated heterocycles. The van der Waals surface area contributed by atoms with Crippen LogP contribution in [-0.4, -0.2) is 60.6 Å². The van der Waals surface area contributed by atoms with E-state index in [0.717, 1.165) is 16.5 Å². The SMILES string of the molecule is CCOC(=O)Oc1ccc(C(=O)N2CCCN(C(=O)CCc3ccc(Br)cc3)CC2)cc1. The second-order valence-electron chi connectivity index (χ2n) is 7.46. The van der Waals surface area contributed by atoms with Crippen molar-refractivity contribution in [2.24, 2.45) is 0 Å². The summed E-state index contributed by atoms with van der Waals surface area (Å²) in [6, 6.07) is 14.4. The van der Waals surface area contributed by atoms with Gasteiger partial charge >= 0.3 is 6.16 Å². The van der Waals surface area contributed by atoms with Gasteiger partial charge in [0.2, 0.25) is 5.91 Å². The number of aryl methyl sites for hydroxylation is 1. The minimum atomic E-state index is -0.774. The van der Waals surface area contributed by atoms with Crippen molar-refractivity contribution >= 4 is 33.9 Å². The first-order valence-electron chi connectivity index (χ1n) is 10.7. The molecule has 0 radical (unpaired) electrons. The average Bonchev–Trinajstić information content (AvgIpc) is 3.05. The quantitative estimate of drug-likeness (QED) is 0.434. The Bertz CT molecular complexity index is 930. The Morgan fingerprint density at radius 1 is 0.906 bits per heavy atom. The maximum Gasteiger partial charge on any atom is 0.513 e. The summed E-state index contributed by atoms with van der Waals surface area (Å²) in [4.78, 5) is 40.6. The largest absolute Gasteiger partial charge is 0.513 e. The van der Waals surface area contributed by atoms with Crippen molar-refractivity contribution in [1.82, 2.24) is 9.80 Å². The lowest BCUT2D eigenvalue weighted by Crippen LogP contribution is -2.37. The van der Waals surface area contributed by atoms with Crippen LogP contribution >= 0.6 is 15.9 Å². The van der Waals surface area contributed by atoms with Crippen LogP contribution in [0.4, 0.5) is 4.79 Å². The van der Waals surface area contributed by atoms with Gasteiger partial charge in [0, 0.05) is 42.6 Å². The minimum Gasteiger partial charge on any atom is -0.434 e. The number of carbonyl (C=O) groups excluding carboxylic acids is 3. The lowest BCUT2D eigenvalue weighted by Gasteiger charge is -2.22. The lowest BCUT2D eigenvalue weighted by atomic mass is 10.1. The third kappa shape index (κ3) is 6.82. The van der Waals surface area contributed by atoms with E-state index in [4.69, 9.17) is 9.47 Å². The van der Waals surface area contributed by atoms with E-state index < -0.39 is 6.16 Å². The average molecular weight is 503 g/mol. The Labute approximate surface area is 196 Å². The number of hydrogen-bond acceptors (Lipinski definition) is 5. The van der Waals surface area contributed by atoms with Crippen LogP contribution in [0.25, 0.3) is 0 Å². The first-order valence-corrected chi connectivity index (χ1v) is 11.5. The second kappa shape index (κ2) is 11.7. The summed E-state index contributed by atoms with van der Waals surface area (Å²) in [6.07, 6.45) is 1.12. The molecule has 1 heterocycles. The summed E-state index contributed by atoms with van der Waals surface area (Å²) in [5.74, 6) is 0.331. The smallest absolute Gasteiger partial charge is 0.434 e. The summed E-state index contributed by atoms with van der Waals surface area (Å²) in [5.41, 5.74) is 1.64. The van der Waals surface area contributed by atoms with Crippen LogP contribution in [0.15, 0.2) is 53.0 Å². The molecule has 170 valence electrons. The zero-order chi connectivity index (χ0) is 22.9. The fourth-order valence-electron chi connectivity index (χ4n) is 3.52. The maximum atomic E-state index is 12.9. The lowest BCUT2D eigenvalue weighted by molar-refractivity contribution is -0.131. The molecule has 1 aliphatic rings. The molecule has 2 amide bonds. The Kier molecular flexibility index (Phi) is 8.67. The zero-order valence-corrected chi connectivity index (χ0v) is 19.7. The van der Waals surface area contributed by atoms with E-state index in [2.05, 4.69) is 15.9 Å². The van der Waals surface area contributed by atoms with Gasteiger partial charge in [-0.25, -0.2) is 4.79 Å². The minimum absolute atomic E-state index is 0.100. The molecule has 0 saturated carbocycles. The van der Waals surface area contributed by atoms with Crippen molar-refractivity contribution in [2.75, 3.05) is 32.8 Å². The van der Waals surface area contributed by atoms with Crippen LogP contribution in [0.1, 0.15) is 35.7 Å². The monoisotopic (exact) mass is 502 g/mol. The highest BCUT2D eigenvalue weighted by Gasteiger charge is 2.23. The topological polar surface area (TPSA) is 76.2 Å². The highest BCUT2D eigenvalue weighted by molar-refractivity contribution is 9.10. The molecule has 0 bridgehead atoms. The van der Waals surface area contributed by atoms with E-state index in [-0.39, 0.29) is 18.4 Å². The molecule has 0 spiro atoms. The van der Waals surface area contributed by atoms with Gasteiger partial charge in [-0.15, -0.1) is 0 Å². The molecule has 7 nitrogen and oxygen atoms in total. The van der Waals surface area contributed by atoms with Crippen LogP contribution in [-0.2, 0) is 16.0 Å². The molecule has 2 aromatic rings. The van der Waals surface area contributed by atoms with E-state index in [9.17, 15) is 14.4 Å². The summed E-state index contributed by atoms with van der Waals surface area (Å²) in [6.45, 7) is 4.18. The second-order valence-corrected chi connectivity index (χ2v) is 8.38. The molecule has 0 unspecified atom stereocenters. The van der Waals surface area contributed by atoms with Gasteiger partial charge in [0.15, 0.2) is 0 Å². The van der Waals surface area contributed by atoms with Crippen molar-refractivity contribution < 1.29 is 23.9 Å². The standard InChI is InChI=1S/C24H27BrN2O5/c1-2-31-24(30)32-21-11-7-19(8-12-21)23(29)27-15-3-14-26(16-17-27)22(28)13-6-18-4-9-20(25)10-5-18/h4-5,7-12H,2-3,6,13-17H2,1H3. The van der Waals surface area contributed by atoms with Gasteiger partial charge in [0.1, 0.15) is 5.75 Å². The van der Waals surface area contributed by atoms with E-state index in [0.29, 0.717) is 50.3 Å². The summed E-state index contributed by atoms with van der Waals surface area (Å²) < 4.78 is 10.8. The predicted molar refractivity (Wildman–Crippen MR) is 124 cm³/mol. The molecule has 32 heavy (non-hydrogen) atoms. The molecule has 3 rings (SSSR count). The number of halogens is 1. The van der Waals surface area contributed by atoms with E-state index in [1.165, 1.54) is 0 Å². The third-order valence-corrected chi connectivity index (χ3v) is 5.77. The fourth-order valence-corrected chi connectivity index (χ4v) is 3.79.